The molecule has 0 bridgehead atoms. The Morgan fingerprint density at radius 3 is 2.50 bits per heavy atom. The van der Waals surface area contributed by atoms with Crippen molar-refractivity contribution in [2.45, 2.75) is 58.2 Å². The minimum atomic E-state index is -0.949. The Kier molecular flexibility index (Phi) is 8.21. The lowest BCUT2D eigenvalue weighted by atomic mass is 9.94. The van der Waals surface area contributed by atoms with E-state index in [1.54, 1.807) is 0 Å². The van der Waals surface area contributed by atoms with Gasteiger partial charge in [0.05, 0.1) is 18.8 Å². The number of carbonyl (C=O) groups is 1. The second-order valence-electron chi connectivity index (χ2n) is 8.92. The number of nitrogens with one attached hydrogen (secondary N) is 2. The van der Waals surface area contributed by atoms with E-state index in [2.05, 4.69) is 36.6 Å². The van der Waals surface area contributed by atoms with Crippen LogP contribution in [0.25, 0.3) is 0 Å². The third-order valence-electron chi connectivity index (χ3n) is 5.56. The van der Waals surface area contributed by atoms with Crippen molar-refractivity contribution in [2.75, 3.05) is 13.2 Å². The van der Waals surface area contributed by atoms with Crippen LogP contribution in [0, 0.1) is 17.6 Å². The van der Waals surface area contributed by atoms with Crippen molar-refractivity contribution in [1.82, 2.24) is 10.6 Å². The molecule has 7 heteroatoms. The maximum absolute atomic E-state index is 13.6. The number of hydrogen-bond acceptors (Lipinski definition) is 4. The minimum Gasteiger partial charge on any atom is -0.493 e. The molecule has 1 aliphatic rings. The van der Waals surface area contributed by atoms with Gasteiger partial charge in [-0.3, -0.25) is 4.79 Å². The highest BCUT2D eigenvalue weighted by molar-refractivity contribution is 5.73. The van der Waals surface area contributed by atoms with Crippen LogP contribution in [0.4, 0.5) is 8.78 Å². The van der Waals surface area contributed by atoms with Gasteiger partial charge in [-0.25, -0.2) is 8.78 Å². The lowest BCUT2D eigenvalue weighted by molar-refractivity contribution is -0.120. The SMILES string of the molecule is CC(=O)NC(Cc1cc(F)cc(F)c1)C(O)CNC1CCOc2ccc(CC(C)C)cc21. The van der Waals surface area contributed by atoms with Gasteiger partial charge in [0, 0.05) is 37.6 Å². The Hall–Kier alpha value is -2.51. The van der Waals surface area contributed by atoms with Crippen LogP contribution in [0.15, 0.2) is 36.4 Å². The summed E-state index contributed by atoms with van der Waals surface area (Å²) in [6, 6.07) is 8.77. The smallest absolute Gasteiger partial charge is 0.217 e. The zero-order valence-corrected chi connectivity index (χ0v) is 18.8. The lowest BCUT2D eigenvalue weighted by Gasteiger charge is -2.30. The van der Waals surface area contributed by atoms with Crippen molar-refractivity contribution >= 4 is 5.91 Å². The van der Waals surface area contributed by atoms with E-state index in [4.69, 9.17) is 4.74 Å². The van der Waals surface area contributed by atoms with Crippen LogP contribution in [0.3, 0.4) is 0 Å². The average Bonchev–Trinajstić information content (AvgIpc) is 2.70. The van der Waals surface area contributed by atoms with Gasteiger partial charge in [0.1, 0.15) is 17.4 Å². The molecular formula is C25H32F2N2O3. The van der Waals surface area contributed by atoms with Crippen molar-refractivity contribution in [3.05, 3.63) is 64.7 Å². The van der Waals surface area contributed by atoms with Crippen LogP contribution in [0.1, 0.15) is 49.9 Å². The van der Waals surface area contributed by atoms with Crippen molar-refractivity contribution in [3.8, 4) is 5.75 Å². The van der Waals surface area contributed by atoms with Crippen molar-refractivity contribution < 1.29 is 23.4 Å². The topological polar surface area (TPSA) is 70.6 Å². The average molecular weight is 447 g/mol. The van der Waals surface area contributed by atoms with Gasteiger partial charge >= 0.3 is 0 Å². The molecule has 0 fully saturated rings. The van der Waals surface area contributed by atoms with Gasteiger partial charge in [-0.05, 0) is 48.1 Å². The minimum absolute atomic E-state index is 0.00473. The third-order valence-corrected chi connectivity index (χ3v) is 5.56. The monoisotopic (exact) mass is 446 g/mol. The molecule has 3 unspecified atom stereocenters. The van der Waals surface area contributed by atoms with Gasteiger partial charge in [0.25, 0.3) is 0 Å². The molecule has 0 saturated carbocycles. The quantitative estimate of drug-likeness (QED) is 0.550. The summed E-state index contributed by atoms with van der Waals surface area (Å²) in [7, 11) is 0. The number of fused-ring (bicyclic) bond motifs is 1. The van der Waals surface area contributed by atoms with E-state index in [0.717, 1.165) is 30.2 Å². The summed E-state index contributed by atoms with van der Waals surface area (Å²) < 4.78 is 32.9. The van der Waals surface area contributed by atoms with E-state index in [9.17, 15) is 18.7 Å². The number of benzene rings is 2. The number of aliphatic hydroxyl groups excluding tert-OH is 1. The molecule has 3 rings (SSSR count). The predicted octanol–water partition coefficient (Wildman–Crippen LogP) is 3.68. The summed E-state index contributed by atoms with van der Waals surface area (Å²) in [6.45, 7) is 6.48. The van der Waals surface area contributed by atoms with Crippen molar-refractivity contribution in [2.24, 2.45) is 5.92 Å². The highest BCUT2D eigenvalue weighted by atomic mass is 19.1. The zero-order chi connectivity index (χ0) is 23.3. The molecule has 3 N–H and O–H groups in total. The van der Waals surface area contributed by atoms with Crippen LogP contribution in [-0.2, 0) is 17.6 Å². The Morgan fingerprint density at radius 2 is 1.84 bits per heavy atom. The van der Waals surface area contributed by atoms with E-state index in [0.29, 0.717) is 18.1 Å². The standard InChI is InChI=1S/C25H32F2N2O3/c1-15(2)8-17-4-5-25-21(11-17)22(6-7-32-25)28-14-24(31)23(29-16(3)30)12-18-9-19(26)13-20(27)10-18/h4-5,9-11,13,15,22-24,28,31H,6-8,12,14H2,1-3H3,(H,29,30). The molecule has 3 atom stereocenters. The molecular weight excluding hydrogens is 414 g/mol. The summed E-state index contributed by atoms with van der Waals surface area (Å²) >= 11 is 0. The van der Waals surface area contributed by atoms with Crippen LogP contribution < -0.4 is 15.4 Å². The van der Waals surface area contributed by atoms with Gasteiger partial charge < -0.3 is 20.5 Å². The van der Waals surface area contributed by atoms with E-state index in [1.807, 2.05) is 6.07 Å². The molecule has 0 aliphatic carbocycles. The fraction of sp³-hybridized carbons (Fsp3) is 0.480. The number of aliphatic hydroxyl groups is 1. The van der Waals surface area contributed by atoms with Crippen LogP contribution in [-0.4, -0.2) is 36.3 Å². The number of amides is 1. The summed E-state index contributed by atoms with van der Waals surface area (Å²) in [5.74, 6) is -0.322. The largest absolute Gasteiger partial charge is 0.493 e. The first-order chi connectivity index (χ1) is 15.2. The zero-order valence-electron chi connectivity index (χ0n) is 18.8. The molecule has 174 valence electrons. The number of ether oxygens (including phenoxy) is 1. The second kappa shape index (κ2) is 10.9. The molecule has 2 aromatic rings. The maximum atomic E-state index is 13.6. The second-order valence-corrected chi connectivity index (χ2v) is 8.92. The Balaban J connectivity index is 1.69. The van der Waals surface area contributed by atoms with Gasteiger partial charge in [-0.1, -0.05) is 26.0 Å². The van der Waals surface area contributed by atoms with Gasteiger partial charge in [0.15, 0.2) is 0 Å². The van der Waals surface area contributed by atoms with E-state index in [-0.39, 0.29) is 24.9 Å². The summed E-state index contributed by atoms with van der Waals surface area (Å²) in [4.78, 5) is 11.7. The molecule has 32 heavy (non-hydrogen) atoms. The first-order valence-electron chi connectivity index (χ1n) is 11.1. The molecule has 1 heterocycles. The first-order valence-corrected chi connectivity index (χ1v) is 11.1. The summed E-state index contributed by atoms with van der Waals surface area (Å²) in [5.41, 5.74) is 2.67. The molecule has 5 nitrogen and oxygen atoms in total. The van der Waals surface area contributed by atoms with Crippen molar-refractivity contribution in [3.63, 3.8) is 0 Å². The molecule has 1 amide bonds. The first kappa shape index (κ1) is 24.1. The van der Waals surface area contributed by atoms with E-state index < -0.39 is 23.8 Å². The van der Waals surface area contributed by atoms with Crippen molar-refractivity contribution in [1.29, 1.82) is 0 Å². The summed E-state index contributed by atoms with van der Waals surface area (Å²) in [6.07, 6.45) is 0.887. The maximum Gasteiger partial charge on any atom is 0.217 e. The molecule has 0 spiro atoms. The molecule has 0 radical (unpaired) electrons. The third kappa shape index (κ3) is 6.74. The Morgan fingerprint density at radius 1 is 1.12 bits per heavy atom. The predicted molar refractivity (Wildman–Crippen MR) is 120 cm³/mol. The van der Waals surface area contributed by atoms with Crippen LogP contribution >= 0.6 is 0 Å². The highest BCUT2D eigenvalue weighted by Gasteiger charge is 2.26. The lowest BCUT2D eigenvalue weighted by Crippen LogP contribution is -2.48. The van der Waals surface area contributed by atoms with Gasteiger partial charge in [0.2, 0.25) is 5.91 Å². The highest BCUT2D eigenvalue weighted by Crippen LogP contribution is 2.33. The molecule has 0 aromatic heterocycles. The van der Waals surface area contributed by atoms with Crippen LogP contribution in [0.2, 0.25) is 0 Å². The number of halogens is 2. The Bertz CT molecular complexity index is 915. The Labute approximate surface area is 188 Å². The van der Waals surface area contributed by atoms with E-state index in [1.165, 1.54) is 24.6 Å². The van der Waals surface area contributed by atoms with Gasteiger partial charge in [-0.15, -0.1) is 0 Å². The number of carbonyl (C=O) groups excluding carboxylic acids is 1. The number of rotatable bonds is 9. The molecule has 1 aliphatic heterocycles. The van der Waals surface area contributed by atoms with E-state index >= 15 is 0 Å². The number of hydrogen-bond donors (Lipinski definition) is 3. The van der Waals surface area contributed by atoms with Crippen LogP contribution in [0.5, 0.6) is 5.75 Å². The molecule has 0 saturated heterocycles. The molecule has 2 aromatic carbocycles. The fourth-order valence-electron chi connectivity index (χ4n) is 4.19. The normalized spacial score (nSPS) is 17.4. The van der Waals surface area contributed by atoms with Gasteiger partial charge in [-0.2, -0.15) is 0 Å². The fourth-order valence-corrected chi connectivity index (χ4v) is 4.19. The summed E-state index contributed by atoms with van der Waals surface area (Å²) in [5, 5.41) is 16.9.